The first-order valence-corrected chi connectivity index (χ1v) is 22.2. The molecule has 0 spiro atoms. The minimum absolute atomic E-state index is 0.112. The smallest absolute Gasteiger partial charge is 0.160 e. The van der Waals surface area contributed by atoms with Crippen molar-refractivity contribution in [2.75, 3.05) is 0 Å². The molecule has 0 fully saturated rings. The molecule has 0 unspecified atom stereocenters. The van der Waals surface area contributed by atoms with E-state index >= 15 is 0 Å². The molecule has 4 nitrogen and oxygen atoms in total. The lowest BCUT2D eigenvalue weighted by atomic mass is 9.82. The highest BCUT2D eigenvalue weighted by Crippen LogP contribution is 2.51. The van der Waals surface area contributed by atoms with Crippen LogP contribution in [0.15, 0.2) is 184 Å². The van der Waals surface area contributed by atoms with Gasteiger partial charge in [-0.25, -0.2) is 9.98 Å². The van der Waals surface area contributed by atoms with E-state index in [1.54, 1.807) is 0 Å². The maximum atomic E-state index is 5.27. The number of hydrogen-bond acceptors (Lipinski definition) is 2. The fraction of sp³-hybridized carbons (Fsp3) is 0.105. The lowest BCUT2D eigenvalue weighted by Crippen LogP contribution is -2.19. The molecule has 6 aromatic carbocycles. The van der Waals surface area contributed by atoms with Crippen LogP contribution in [0.1, 0.15) is 58.5 Å². The Kier molecular flexibility index (Phi) is 9.36. The number of thiophene rings is 1. The zero-order chi connectivity index (χ0) is 41.8. The highest BCUT2D eigenvalue weighted by atomic mass is 32.1. The summed E-state index contributed by atoms with van der Waals surface area (Å²) in [6, 6.07) is 52.1. The molecule has 3 aliphatic rings. The van der Waals surface area contributed by atoms with Crippen LogP contribution in [0, 0.1) is 0 Å². The third kappa shape index (κ3) is 6.48. The molecular formula is C57H44N4S. The standard InChI is InChI=1S/C57H44N4S/c1-57(2)49-27-15-13-24-43(49)46-34-47-44-25-14-16-28-51(44)61(52(47)35-50(46)57)42-23-17-22-39(31-42)40-30-41(33-54-48(32-40)45-26-11-6-12-29-53(45)62-54)56(59-36-37-18-7-4-8-19-37)60-55(58-3)38-20-9-5-10-21-38/h4-11,13-32,34-35H,3,12,33,36H2,1-2H3/b59-56-,60-55-. The first kappa shape index (κ1) is 37.8. The van der Waals surface area contributed by atoms with E-state index in [9.17, 15) is 0 Å². The van der Waals surface area contributed by atoms with E-state index < -0.39 is 0 Å². The molecule has 5 heteroatoms. The van der Waals surface area contributed by atoms with E-state index in [1.165, 1.54) is 64.3 Å². The number of allylic oxidation sites excluding steroid dienone is 4. The molecule has 11 rings (SSSR count). The Morgan fingerprint density at radius 3 is 2.37 bits per heavy atom. The third-order valence-electron chi connectivity index (χ3n) is 12.7. The largest absolute Gasteiger partial charge is 0.309 e. The van der Waals surface area contributed by atoms with E-state index in [1.807, 2.05) is 47.7 Å². The van der Waals surface area contributed by atoms with Gasteiger partial charge in [-0.1, -0.05) is 153 Å². The van der Waals surface area contributed by atoms with Gasteiger partial charge in [0, 0.05) is 48.8 Å². The van der Waals surface area contributed by atoms with E-state index in [-0.39, 0.29) is 5.41 Å². The summed E-state index contributed by atoms with van der Waals surface area (Å²) < 4.78 is 3.77. The van der Waals surface area contributed by atoms with Crippen molar-refractivity contribution in [3.05, 3.63) is 217 Å². The van der Waals surface area contributed by atoms with Gasteiger partial charge in [-0.05, 0) is 105 Å². The van der Waals surface area contributed by atoms with Crippen molar-refractivity contribution < 1.29 is 0 Å². The summed E-state index contributed by atoms with van der Waals surface area (Å²) in [6.07, 6.45) is 15.3. The summed E-state index contributed by atoms with van der Waals surface area (Å²) in [5, 5.41) is 3.79. The Morgan fingerprint density at radius 2 is 1.52 bits per heavy atom. The van der Waals surface area contributed by atoms with Gasteiger partial charge < -0.3 is 4.57 Å². The van der Waals surface area contributed by atoms with Gasteiger partial charge in [-0.2, -0.15) is 0 Å². The molecule has 3 aliphatic carbocycles. The normalized spacial score (nSPS) is 15.3. The molecule has 0 amide bonds. The van der Waals surface area contributed by atoms with E-state index in [0.717, 1.165) is 39.9 Å². The van der Waals surface area contributed by atoms with Crippen molar-refractivity contribution in [1.29, 1.82) is 0 Å². The maximum Gasteiger partial charge on any atom is 0.160 e. The van der Waals surface area contributed by atoms with Gasteiger partial charge in [0.25, 0.3) is 0 Å². The summed E-state index contributed by atoms with van der Waals surface area (Å²) in [5.41, 5.74) is 15.4. The number of amidine groups is 2. The van der Waals surface area contributed by atoms with Crippen LogP contribution in [-0.2, 0) is 18.4 Å². The second-order valence-corrected chi connectivity index (χ2v) is 17.9. The third-order valence-corrected chi connectivity index (χ3v) is 13.9. The fourth-order valence-electron chi connectivity index (χ4n) is 9.58. The van der Waals surface area contributed by atoms with Gasteiger partial charge in [0.2, 0.25) is 0 Å². The minimum atomic E-state index is -0.112. The molecule has 2 aromatic heterocycles. The zero-order valence-corrected chi connectivity index (χ0v) is 35.7. The average Bonchev–Trinajstić information content (AvgIpc) is 3.71. The Labute approximate surface area is 366 Å². The predicted octanol–water partition coefficient (Wildman–Crippen LogP) is 12.4. The molecule has 0 radical (unpaired) electrons. The van der Waals surface area contributed by atoms with Crippen LogP contribution >= 0.6 is 11.3 Å². The van der Waals surface area contributed by atoms with Crippen molar-refractivity contribution in [3.63, 3.8) is 0 Å². The van der Waals surface area contributed by atoms with Crippen LogP contribution in [0.3, 0.4) is 0 Å². The number of para-hydroxylation sites is 1. The van der Waals surface area contributed by atoms with Crippen molar-refractivity contribution >= 4 is 75.3 Å². The summed E-state index contributed by atoms with van der Waals surface area (Å²) in [5.74, 6) is 1.21. The SMILES string of the molecule is C=N/C(=N\C(=N/Cc1ccccc1)C1=CC(c2cccc(-n3c4ccccc4c4cc5c(cc43)C(C)(C)c3ccccc3-5)c2)=Cc2c(sc3c2=CC=CCC=3)C1)c1ccccc1. The number of hydrogen-bond donors (Lipinski definition) is 0. The maximum absolute atomic E-state index is 5.27. The second kappa shape index (κ2) is 15.4. The zero-order valence-electron chi connectivity index (χ0n) is 34.8. The average molecular weight is 817 g/mol. The highest BCUT2D eigenvalue weighted by Gasteiger charge is 2.36. The van der Waals surface area contributed by atoms with Crippen molar-refractivity contribution in [2.45, 2.75) is 38.6 Å². The van der Waals surface area contributed by atoms with Crippen LogP contribution < -0.4 is 9.75 Å². The summed E-state index contributed by atoms with van der Waals surface area (Å²) >= 11 is 1.87. The molecule has 0 saturated carbocycles. The number of aliphatic imine (C=N–C) groups is 3. The Morgan fingerprint density at radius 1 is 0.726 bits per heavy atom. The lowest BCUT2D eigenvalue weighted by Gasteiger charge is -2.21. The first-order valence-electron chi connectivity index (χ1n) is 21.3. The first-order chi connectivity index (χ1) is 30.4. The summed E-state index contributed by atoms with van der Waals surface area (Å²) in [4.78, 5) is 16.3. The Hall–Kier alpha value is -7.21. The van der Waals surface area contributed by atoms with Crippen LogP contribution in [0.2, 0.25) is 0 Å². The van der Waals surface area contributed by atoms with Crippen LogP contribution in [0.5, 0.6) is 0 Å². The minimum Gasteiger partial charge on any atom is -0.309 e. The topological polar surface area (TPSA) is 42.0 Å². The molecule has 0 aliphatic heterocycles. The molecule has 0 saturated heterocycles. The molecule has 0 atom stereocenters. The molecule has 8 aromatic rings. The van der Waals surface area contributed by atoms with Gasteiger partial charge in [-0.15, -0.1) is 11.3 Å². The number of rotatable bonds is 6. The Balaban J connectivity index is 1.11. The summed E-state index contributed by atoms with van der Waals surface area (Å²) in [6.45, 7) is 9.17. The number of benzene rings is 6. The molecular weight excluding hydrogens is 773 g/mol. The molecule has 62 heavy (non-hydrogen) atoms. The molecule has 0 bridgehead atoms. The Bertz CT molecular complexity index is 3410. The lowest BCUT2D eigenvalue weighted by molar-refractivity contribution is 0.661. The van der Waals surface area contributed by atoms with Crippen LogP contribution in [-0.4, -0.2) is 23.0 Å². The number of aromatic nitrogens is 1. The van der Waals surface area contributed by atoms with Crippen molar-refractivity contribution in [1.82, 2.24) is 4.57 Å². The van der Waals surface area contributed by atoms with Crippen molar-refractivity contribution in [2.24, 2.45) is 15.0 Å². The quantitative estimate of drug-likeness (QED) is 0.119. The molecule has 2 heterocycles. The van der Waals surface area contributed by atoms with Gasteiger partial charge in [0.05, 0.1) is 17.6 Å². The van der Waals surface area contributed by atoms with E-state index in [2.05, 4.69) is 176 Å². The van der Waals surface area contributed by atoms with Crippen molar-refractivity contribution in [3.8, 4) is 16.8 Å². The van der Waals surface area contributed by atoms with Crippen LogP contribution in [0.25, 0.3) is 62.4 Å². The van der Waals surface area contributed by atoms with Gasteiger partial charge in [0.1, 0.15) is 0 Å². The van der Waals surface area contributed by atoms with E-state index in [4.69, 9.17) is 9.98 Å². The highest BCUT2D eigenvalue weighted by molar-refractivity contribution is 7.10. The second-order valence-electron chi connectivity index (χ2n) is 16.8. The summed E-state index contributed by atoms with van der Waals surface area (Å²) in [7, 11) is 0. The van der Waals surface area contributed by atoms with Gasteiger partial charge >= 0.3 is 0 Å². The predicted molar refractivity (Wildman–Crippen MR) is 264 cm³/mol. The van der Waals surface area contributed by atoms with E-state index in [0.29, 0.717) is 24.6 Å². The number of fused-ring (bicyclic) bond motifs is 9. The monoisotopic (exact) mass is 816 g/mol. The van der Waals surface area contributed by atoms with Gasteiger partial charge in [0.15, 0.2) is 11.7 Å². The van der Waals surface area contributed by atoms with Gasteiger partial charge in [-0.3, -0.25) is 4.99 Å². The molecule has 0 N–H and O–H groups in total. The van der Waals surface area contributed by atoms with Crippen LogP contribution in [0.4, 0.5) is 0 Å². The molecule has 298 valence electrons. The number of nitrogens with zero attached hydrogens (tertiary/aromatic N) is 4. The fourth-order valence-corrected chi connectivity index (χ4v) is 10.8.